The molecule has 8 nitrogen and oxygen atoms in total. The SMILES string of the molecule is CCOC(=O)C1CC(C(=O)c2cc(OC)ccc2N)NN1C(=O)C1CC1. The van der Waals surface area contributed by atoms with E-state index in [1.54, 1.807) is 25.1 Å². The van der Waals surface area contributed by atoms with Crippen LogP contribution in [-0.4, -0.2) is 48.5 Å². The molecule has 2 fully saturated rings. The summed E-state index contributed by atoms with van der Waals surface area (Å²) in [7, 11) is 1.50. The first-order valence-corrected chi connectivity index (χ1v) is 8.69. The van der Waals surface area contributed by atoms with Crippen LogP contribution in [0.1, 0.15) is 36.5 Å². The van der Waals surface area contributed by atoms with Crippen molar-refractivity contribution in [2.45, 2.75) is 38.3 Å². The summed E-state index contributed by atoms with van der Waals surface area (Å²) in [5.74, 6) is -0.551. The minimum absolute atomic E-state index is 0.0878. The number of anilines is 1. The topological polar surface area (TPSA) is 111 Å². The third-order valence-corrected chi connectivity index (χ3v) is 4.63. The summed E-state index contributed by atoms with van der Waals surface area (Å²) in [6.45, 7) is 1.91. The number of nitrogens with two attached hydrogens (primary N) is 1. The maximum Gasteiger partial charge on any atom is 0.330 e. The normalized spacial score (nSPS) is 22.2. The van der Waals surface area contributed by atoms with Crippen LogP contribution in [0.4, 0.5) is 5.69 Å². The van der Waals surface area contributed by atoms with Crippen molar-refractivity contribution in [2.24, 2.45) is 5.92 Å². The Kier molecular flexibility index (Phi) is 5.13. The molecule has 26 heavy (non-hydrogen) atoms. The second kappa shape index (κ2) is 7.33. The number of rotatable bonds is 6. The third-order valence-electron chi connectivity index (χ3n) is 4.63. The molecule has 1 aromatic rings. The Balaban J connectivity index is 1.83. The van der Waals surface area contributed by atoms with Gasteiger partial charge in [-0.15, -0.1) is 0 Å². The van der Waals surface area contributed by atoms with Crippen LogP contribution in [0.2, 0.25) is 0 Å². The summed E-state index contributed by atoms with van der Waals surface area (Å²) >= 11 is 0. The van der Waals surface area contributed by atoms with Gasteiger partial charge in [-0.1, -0.05) is 0 Å². The molecule has 1 aromatic carbocycles. The van der Waals surface area contributed by atoms with E-state index in [2.05, 4.69) is 5.43 Å². The zero-order valence-electron chi connectivity index (χ0n) is 14.9. The molecule has 2 unspecified atom stereocenters. The first-order chi connectivity index (χ1) is 12.5. The number of Topliss-reactive ketones (excluding diaryl/α,β-unsaturated/α-hetero) is 1. The van der Waals surface area contributed by atoms with Gasteiger partial charge in [-0.2, -0.15) is 0 Å². The second-order valence-electron chi connectivity index (χ2n) is 6.49. The van der Waals surface area contributed by atoms with Crippen molar-refractivity contribution in [3.05, 3.63) is 23.8 Å². The molecule has 2 aliphatic rings. The average Bonchev–Trinajstić information content (AvgIpc) is 3.39. The van der Waals surface area contributed by atoms with Gasteiger partial charge in [-0.3, -0.25) is 14.6 Å². The van der Waals surface area contributed by atoms with Crippen LogP contribution in [0.3, 0.4) is 0 Å². The summed E-state index contributed by atoms with van der Waals surface area (Å²) in [6.07, 6.45) is 1.74. The highest BCUT2D eigenvalue weighted by molar-refractivity contribution is 6.05. The molecule has 0 aromatic heterocycles. The summed E-state index contributed by atoms with van der Waals surface area (Å²) in [6, 6.07) is 3.27. The molecule has 1 saturated heterocycles. The van der Waals surface area contributed by atoms with Crippen molar-refractivity contribution in [2.75, 3.05) is 19.5 Å². The lowest BCUT2D eigenvalue weighted by Crippen LogP contribution is -2.49. The molecule has 0 radical (unpaired) electrons. The predicted octanol–water partition coefficient (Wildman–Crippen LogP) is 0.907. The van der Waals surface area contributed by atoms with Crippen molar-refractivity contribution in [3.63, 3.8) is 0 Å². The van der Waals surface area contributed by atoms with Gasteiger partial charge < -0.3 is 15.2 Å². The number of methoxy groups -OCH3 is 1. The lowest BCUT2D eigenvalue weighted by atomic mass is 9.98. The van der Waals surface area contributed by atoms with Gasteiger partial charge in [-0.05, 0) is 38.0 Å². The quantitative estimate of drug-likeness (QED) is 0.440. The van der Waals surface area contributed by atoms with Crippen molar-refractivity contribution >= 4 is 23.3 Å². The van der Waals surface area contributed by atoms with Gasteiger partial charge in [-0.25, -0.2) is 10.2 Å². The lowest BCUT2D eigenvalue weighted by Gasteiger charge is -2.22. The van der Waals surface area contributed by atoms with Gasteiger partial charge in [0, 0.05) is 23.6 Å². The Hall–Kier alpha value is -2.61. The van der Waals surface area contributed by atoms with Crippen molar-refractivity contribution in [3.8, 4) is 5.75 Å². The van der Waals surface area contributed by atoms with Gasteiger partial charge in [0.1, 0.15) is 11.8 Å². The number of benzene rings is 1. The zero-order valence-corrected chi connectivity index (χ0v) is 14.9. The monoisotopic (exact) mass is 361 g/mol. The molecular formula is C18H23N3O5. The molecule has 3 rings (SSSR count). The summed E-state index contributed by atoms with van der Waals surface area (Å²) < 4.78 is 10.2. The smallest absolute Gasteiger partial charge is 0.330 e. The minimum Gasteiger partial charge on any atom is -0.497 e. The van der Waals surface area contributed by atoms with Crippen molar-refractivity contribution < 1.29 is 23.9 Å². The van der Waals surface area contributed by atoms with E-state index in [1.807, 2.05) is 0 Å². The largest absolute Gasteiger partial charge is 0.497 e. The standard InChI is InChI=1S/C18H23N3O5/c1-3-26-18(24)15-9-14(20-21(15)17(23)10-4-5-10)16(22)12-8-11(25-2)6-7-13(12)19/h6-8,10,14-15,20H,3-5,9,19H2,1-2H3. The Morgan fingerprint density at radius 2 is 2.04 bits per heavy atom. The van der Waals surface area contributed by atoms with Crippen LogP contribution in [0.25, 0.3) is 0 Å². The molecule has 1 saturated carbocycles. The number of carbonyl (C=O) groups excluding carboxylic acids is 3. The molecule has 8 heteroatoms. The Morgan fingerprint density at radius 1 is 1.31 bits per heavy atom. The number of esters is 1. The Morgan fingerprint density at radius 3 is 2.65 bits per heavy atom. The van der Waals surface area contributed by atoms with Gasteiger partial charge in [0.15, 0.2) is 5.78 Å². The molecule has 2 atom stereocenters. The Labute approximate surface area is 151 Å². The van der Waals surface area contributed by atoms with Crippen molar-refractivity contribution in [1.29, 1.82) is 0 Å². The first kappa shape index (κ1) is 18.2. The van der Waals surface area contributed by atoms with E-state index in [1.165, 1.54) is 12.1 Å². The van der Waals surface area contributed by atoms with Gasteiger partial charge in [0.25, 0.3) is 0 Å². The van der Waals surface area contributed by atoms with Gasteiger partial charge in [0.2, 0.25) is 5.91 Å². The van der Waals surface area contributed by atoms with Crippen LogP contribution >= 0.6 is 0 Å². The molecule has 0 spiro atoms. The van der Waals surface area contributed by atoms with E-state index in [4.69, 9.17) is 15.2 Å². The molecule has 1 heterocycles. The van der Waals surface area contributed by atoms with Gasteiger partial charge >= 0.3 is 5.97 Å². The highest BCUT2D eigenvalue weighted by atomic mass is 16.5. The number of amides is 1. The predicted molar refractivity (Wildman–Crippen MR) is 93.3 cm³/mol. The first-order valence-electron chi connectivity index (χ1n) is 8.69. The number of ether oxygens (including phenoxy) is 2. The molecular weight excluding hydrogens is 338 g/mol. The second-order valence-corrected chi connectivity index (χ2v) is 6.49. The highest BCUT2D eigenvalue weighted by Gasteiger charge is 2.47. The summed E-state index contributed by atoms with van der Waals surface area (Å²) in [4.78, 5) is 37.7. The van der Waals surface area contributed by atoms with E-state index in [9.17, 15) is 14.4 Å². The third kappa shape index (κ3) is 3.50. The number of nitrogen functional groups attached to an aromatic ring is 1. The number of hydrogen-bond donors (Lipinski definition) is 2. The highest BCUT2D eigenvalue weighted by Crippen LogP contribution is 2.33. The maximum absolute atomic E-state index is 12.9. The molecule has 1 aliphatic carbocycles. The molecule has 1 amide bonds. The fourth-order valence-corrected chi connectivity index (χ4v) is 3.05. The molecule has 3 N–H and O–H groups in total. The number of carbonyl (C=O) groups is 3. The number of hydrogen-bond acceptors (Lipinski definition) is 7. The summed E-state index contributed by atoms with van der Waals surface area (Å²) in [5, 5.41) is 1.27. The van der Waals surface area contributed by atoms with E-state index in [0.29, 0.717) is 17.0 Å². The molecule has 1 aliphatic heterocycles. The number of ketones is 1. The number of nitrogens with zero attached hydrogens (tertiary/aromatic N) is 1. The minimum atomic E-state index is -0.816. The van der Waals surface area contributed by atoms with Gasteiger partial charge in [0.05, 0.1) is 19.8 Å². The van der Waals surface area contributed by atoms with Crippen LogP contribution in [0.15, 0.2) is 18.2 Å². The van der Waals surface area contributed by atoms with Crippen LogP contribution in [0, 0.1) is 5.92 Å². The lowest BCUT2D eigenvalue weighted by molar-refractivity contribution is -0.155. The fraction of sp³-hybridized carbons (Fsp3) is 0.500. The molecule has 140 valence electrons. The van der Waals surface area contributed by atoms with E-state index in [-0.39, 0.29) is 30.6 Å². The average molecular weight is 361 g/mol. The van der Waals surface area contributed by atoms with E-state index in [0.717, 1.165) is 12.8 Å². The number of nitrogens with one attached hydrogen (secondary N) is 1. The zero-order chi connectivity index (χ0) is 18.8. The molecule has 0 bridgehead atoms. The fourth-order valence-electron chi connectivity index (χ4n) is 3.05. The number of hydrazine groups is 1. The Bertz CT molecular complexity index is 732. The van der Waals surface area contributed by atoms with Crippen LogP contribution in [0.5, 0.6) is 5.75 Å². The summed E-state index contributed by atoms with van der Waals surface area (Å²) in [5.41, 5.74) is 9.45. The van der Waals surface area contributed by atoms with E-state index < -0.39 is 18.1 Å². The van der Waals surface area contributed by atoms with Crippen LogP contribution < -0.4 is 15.9 Å². The van der Waals surface area contributed by atoms with E-state index >= 15 is 0 Å². The van der Waals surface area contributed by atoms with Crippen LogP contribution in [-0.2, 0) is 14.3 Å². The van der Waals surface area contributed by atoms with Crippen molar-refractivity contribution in [1.82, 2.24) is 10.4 Å². The maximum atomic E-state index is 12.9.